The van der Waals surface area contributed by atoms with Gasteiger partial charge in [-0.2, -0.15) is 0 Å². The molecule has 2 rings (SSSR count). The van der Waals surface area contributed by atoms with Crippen molar-refractivity contribution in [1.29, 1.82) is 0 Å². The third-order valence-electron chi connectivity index (χ3n) is 3.32. The number of halogens is 2. The molecule has 2 aromatic rings. The quantitative estimate of drug-likeness (QED) is 0.894. The van der Waals surface area contributed by atoms with Gasteiger partial charge in [0.05, 0.1) is 0 Å². The molecule has 0 bridgehead atoms. The molecule has 0 aliphatic heterocycles. The monoisotopic (exact) mass is 277 g/mol. The maximum atomic E-state index is 13.8. The molecule has 0 aromatic heterocycles. The fourth-order valence-corrected chi connectivity index (χ4v) is 2.33. The Hall–Kier alpha value is -1.38. The largest absolute Gasteiger partial charge is 0.321 e. The van der Waals surface area contributed by atoms with Crippen LogP contribution in [0.2, 0.25) is 5.02 Å². The maximum absolute atomic E-state index is 13.8. The molecular weight excluding hydrogens is 261 g/mol. The van der Waals surface area contributed by atoms with E-state index in [1.54, 1.807) is 12.1 Å². The Morgan fingerprint density at radius 2 is 1.79 bits per heavy atom. The van der Waals surface area contributed by atoms with Crippen molar-refractivity contribution in [2.24, 2.45) is 5.73 Å². The van der Waals surface area contributed by atoms with Gasteiger partial charge in [0.25, 0.3) is 0 Å². The second-order valence-electron chi connectivity index (χ2n) is 5.16. The smallest absolute Gasteiger partial charge is 0.127 e. The van der Waals surface area contributed by atoms with Gasteiger partial charge in [-0.1, -0.05) is 47.5 Å². The van der Waals surface area contributed by atoms with Crippen LogP contribution in [0.15, 0.2) is 42.5 Å². The van der Waals surface area contributed by atoms with E-state index in [9.17, 15) is 4.39 Å². The third-order valence-corrected chi connectivity index (χ3v) is 3.67. The lowest BCUT2D eigenvalue weighted by Gasteiger charge is -2.26. The standard InChI is InChI=1S/C16H17ClFN/c1-11-6-8-12(9-7-11)16(2,19)10-13-14(17)4-3-5-15(13)18/h3-9H,10,19H2,1-2H3. The van der Waals surface area contributed by atoms with Crippen LogP contribution in [0.3, 0.4) is 0 Å². The van der Waals surface area contributed by atoms with Crippen LogP contribution in [-0.4, -0.2) is 0 Å². The Kier molecular flexibility index (Phi) is 3.93. The molecule has 0 radical (unpaired) electrons. The molecule has 100 valence electrons. The first-order valence-electron chi connectivity index (χ1n) is 6.19. The first kappa shape index (κ1) is 14.0. The lowest BCUT2D eigenvalue weighted by Crippen LogP contribution is -2.35. The summed E-state index contributed by atoms with van der Waals surface area (Å²) in [6.45, 7) is 3.91. The van der Waals surface area contributed by atoms with E-state index in [0.29, 0.717) is 17.0 Å². The minimum Gasteiger partial charge on any atom is -0.321 e. The van der Waals surface area contributed by atoms with E-state index < -0.39 is 5.54 Å². The average Bonchev–Trinajstić information content (AvgIpc) is 2.35. The normalized spacial score (nSPS) is 14.2. The first-order chi connectivity index (χ1) is 8.90. The number of hydrogen-bond donors (Lipinski definition) is 1. The average molecular weight is 278 g/mol. The van der Waals surface area contributed by atoms with Crippen molar-refractivity contribution in [2.75, 3.05) is 0 Å². The van der Waals surface area contributed by atoms with Gasteiger partial charge in [-0.3, -0.25) is 0 Å². The Morgan fingerprint density at radius 1 is 1.16 bits per heavy atom. The summed E-state index contributed by atoms with van der Waals surface area (Å²) in [5.74, 6) is -0.309. The first-order valence-corrected chi connectivity index (χ1v) is 6.57. The van der Waals surface area contributed by atoms with Crippen LogP contribution >= 0.6 is 11.6 Å². The molecular formula is C16H17ClFN. The summed E-state index contributed by atoms with van der Waals surface area (Å²) in [6.07, 6.45) is 0.363. The number of hydrogen-bond acceptors (Lipinski definition) is 1. The third kappa shape index (κ3) is 3.14. The number of nitrogens with two attached hydrogens (primary N) is 1. The van der Waals surface area contributed by atoms with Crippen LogP contribution in [0.25, 0.3) is 0 Å². The van der Waals surface area contributed by atoms with E-state index in [1.807, 2.05) is 38.1 Å². The van der Waals surface area contributed by atoms with Crippen LogP contribution in [0.1, 0.15) is 23.6 Å². The second kappa shape index (κ2) is 5.32. The molecule has 0 fully saturated rings. The zero-order valence-corrected chi connectivity index (χ0v) is 11.8. The van der Waals surface area contributed by atoms with Crippen molar-refractivity contribution in [3.63, 3.8) is 0 Å². The van der Waals surface area contributed by atoms with E-state index in [4.69, 9.17) is 17.3 Å². The summed E-state index contributed by atoms with van der Waals surface area (Å²) in [4.78, 5) is 0. The van der Waals surface area contributed by atoms with Gasteiger partial charge < -0.3 is 5.73 Å². The van der Waals surface area contributed by atoms with Gasteiger partial charge in [0.1, 0.15) is 5.82 Å². The van der Waals surface area contributed by atoms with Gasteiger partial charge in [-0.25, -0.2) is 4.39 Å². The zero-order valence-electron chi connectivity index (χ0n) is 11.1. The fourth-order valence-electron chi connectivity index (χ4n) is 2.10. The van der Waals surface area contributed by atoms with Crippen molar-refractivity contribution in [3.8, 4) is 0 Å². The topological polar surface area (TPSA) is 26.0 Å². The van der Waals surface area contributed by atoms with Crippen molar-refractivity contribution >= 4 is 11.6 Å². The number of benzene rings is 2. The minimum absolute atomic E-state index is 0.309. The van der Waals surface area contributed by atoms with Gasteiger partial charge in [0.15, 0.2) is 0 Å². The van der Waals surface area contributed by atoms with E-state index in [2.05, 4.69) is 0 Å². The highest BCUT2D eigenvalue weighted by molar-refractivity contribution is 6.31. The maximum Gasteiger partial charge on any atom is 0.127 e. The molecule has 1 atom stereocenters. The van der Waals surface area contributed by atoms with E-state index in [0.717, 1.165) is 5.56 Å². The second-order valence-corrected chi connectivity index (χ2v) is 5.57. The van der Waals surface area contributed by atoms with Crippen LogP contribution in [0.4, 0.5) is 4.39 Å². The van der Waals surface area contributed by atoms with Crippen molar-refractivity contribution in [2.45, 2.75) is 25.8 Å². The summed E-state index contributed by atoms with van der Waals surface area (Å²) < 4.78 is 13.8. The van der Waals surface area contributed by atoms with Crippen molar-refractivity contribution < 1.29 is 4.39 Å². The summed E-state index contributed by atoms with van der Waals surface area (Å²) in [7, 11) is 0. The summed E-state index contributed by atoms with van der Waals surface area (Å²) in [6, 6.07) is 12.7. The highest BCUT2D eigenvalue weighted by atomic mass is 35.5. The Labute approximate surface area is 118 Å². The molecule has 0 spiro atoms. The molecule has 0 saturated heterocycles. The van der Waals surface area contributed by atoms with Crippen molar-refractivity contribution in [3.05, 3.63) is 70.0 Å². The van der Waals surface area contributed by atoms with Crippen LogP contribution < -0.4 is 5.73 Å². The molecule has 0 aliphatic rings. The summed E-state index contributed by atoms with van der Waals surface area (Å²) >= 11 is 6.05. The number of aryl methyl sites for hydroxylation is 1. The van der Waals surface area contributed by atoms with Gasteiger partial charge in [0.2, 0.25) is 0 Å². The van der Waals surface area contributed by atoms with E-state index in [-0.39, 0.29) is 5.82 Å². The highest BCUT2D eigenvalue weighted by Crippen LogP contribution is 2.28. The van der Waals surface area contributed by atoms with Gasteiger partial charge in [0, 0.05) is 16.1 Å². The van der Waals surface area contributed by atoms with Gasteiger partial charge in [-0.15, -0.1) is 0 Å². The van der Waals surface area contributed by atoms with Crippen LogP contribution in [0.5, 0.6) is 0 Å². The van der Waals surface area contributed by atoms with Crippen molar-refractivity contribution in [1.82, 2.24) is 0 Å². The molecule has 1 nitrogen and oxygen atoms in total. The lowest BCUT2D eigenvalue weighted by molar-refractivity contribution is 0.475. The lowest BCUT2D eigenvalue weighted by atomic mass is 9.86. The summed E-state index contributed by atoms with van der Waals surface area (Å²) in [5, 5.41) is 0.420. The molecule has 19 heavy (non-hydrogen) atoms. The van der Waals surface area contributed by atoms with Gasteiger partial charge in [-0.05, 0) is 38.0 Å². The van der Waals surface area contributed by atoms with Crippen LogP contribution in [0, 0.1) is 12.7 Å². The molecule has 2 N–H and O–H groups in total. The fraction of sp³-hybridized carbons (Fsp3) is 0.250. The molecule has 0 heterocycles. The zero-order chi connectivity index (χ0) is 14.0. The molecule has 2 aromatic carbocycles. The Morgan fingerprint density at radius 3 is 2.37 bits per heavy atom. The highest BCUT2D eigenvalue weighted by Gasteiger charge is 2.24. The number of rotatable bonds is 3. The predicted octanol–water partition coefficient (Wildman–Crippen LogP) is 4.20. The Balaban J connectivity index is 2.33. The molecule has 0 saturated carbocycles. The minimum atomic E-state index is -0.653. The SMILES string of the molecule is Cc1ccc(C(C)(N)Cc2c(F)cccc2Cl)cc1. The van der Waals surface area contributed by atoms with E-state index >= 15 is 0 Å². The molecule has 3 heteroatoms. The summed E-state index contributed by atoms with van der Waals surface area (Å²) in [5.41, 5.74) is 8.29. The van der Waals surface area contributed by atoms with E-state index in [1.165, 1.54) is 11.6 Å². The molecule has 1 unspecified atom stereocenters. The predicted molar refractivity (Wildman–Crippen MR) is 77.8 cm³/mol. The molecule has 0 amide bonds. The van der Waals surface area contributed by atoms with Crippen LogP contribution in [-0.2, 0) is 12.0 Å². The molecule has 0 aliphatic carbocycles. The van der Waals surface area contributed by atoms with Gasteiger partial charge >= 0.3 is 0 Å². The Bertz CT molecular complexity index is 556.